The summed E-state index contributed by atoms with van der Waals surface area (Å²) < 4.78 is 31.6. The van der Waals surface area contributed by atoms with E-state index in [0.717, 1.165) is 5.01 Å². The molecular weight excluding hydrogens is 530 g/mol. The number of fused-ring (bicyclic) bond motifs is 1. The standard InChI is InChI=1S/C26H41N3O7S2/c1-14-8-7-9-19-20(29(19)38(27,34)35)11-21(15(2)10-18-13-37-17(4)28-18)36-23(31)12-22(30)26(5,6)25(33)16(3)24(14)32/h10,13-14,16,19-22,24,30,32H,7-9,11-12H2,1-6H3,(H2,27,34,35)/b15-10+/t14-,16+,19+,20?,21-,22-,24-,29?/m0/s1. The first-order valence-electron chi connectivity index (χ1n) is 13.1. The van der Waals surface area contributed by atoms with E-state index < -0.39 is 58.3 Å². The molecule has 1 aromatic rings. The van der Waals surface area contributed by atoms with Crippen molar-refractivity contribution in [3.63, 3.8) is 0 Å². The lowest BCUT2D eigenvalue weighted by atomic mass is 9.73. The zero-order chi connectivity index (χ0) is 28.6. The summed E-state index contributed by atoms with van der Waals surface area (Å²) in [5.41, 5.74) is 0.0953. The van der Waals surface area contributed by atoms with Crippen LogP contribution in [0.3, 0.4) is 0 Å². The van der Waals surface area contributed by atoms with E-state index >= 15 is 0 Å². The molecule has 10 nitrogen and oxygen atoms in total. The van der Waals surface area contributed by atoms with Gasteiger partial charge in [0.1, 0.15) is 11.9 Å². The predicted octanol–water partition coefficient (Wildman–Crippen LogP) is 2.58. The Morgan fingerprint density at radius 3 is 2.47 bits per heavy atom. The molecule has 0 aliphatic carbocycles. The van der Waals surface area contributed by atoms with Crippen molar-refractivity contribution in [2.24, 2.45) is 22.4 Å². The Labute approximate surface area is 229 Å². The number of hydrogen-bond acceptors (Lipinski definition) is 9. The maximum Gasteiger partial charge on any atom is 0.309 e. The first-order chi connectivity index (χ1) is 17.5. The van der Waals surface area contributed by atoms with E-state index in [1.54, 1.807) is 33.8 Å². The first-order valence-corrected chi connectivity index (χ1v) is 15.4. The minimum absolute atomic E-state index is 0.200. The molecular formula is C26H41N3O7S2. The number of cyclic esters (lactones) is 1. The molecule has 3 rings (SSSR count). The van der Waals surface area contributed by atoms with E-state index in [0.29, 0.717) is 30.5 Å². The fourth-order valence-electron chi connectivity index (χ4n) is 5.42. The van der Waals surface area contributed by atoms with Crippen LogP contribution < -0.4 is 5.14 Å². The monoisotopic (exact) mass is 571 g/mol. The van der Waals surface area contributed by atoms with Crippen LogP contribution in [0.1, 0.15) is 77.4 Å². The molecule has 0 bridgehead atoms. The van der Waals surface area contributed by atoms with Crippen LogP contribution in [-0.4, -0.2) is 70.1 Å². The third-order valence-corrected chi connectivity index (χ3v) is 9.97. The molecule has 4 N–H and O–H groups in total. The Balaban J connectivity index is 1.94. The SMILES string of the molecule is C/C(=C\c1csc(C)n1)[C@@H]1CC2[C@@H](CCC[C@H](C)[C@H](O)[C@@H](C)C(=O)C(C)(C)[C@@H](O)CC(=O)O1)N2S(N)(=O)=O. The number of thiazole rings is 1. The number of nitrogens with zero attached hydrogens (tertiary/aromatic N) is 2. The van der Waals surface area contributed by atoms with Crippen LogP contribution in [0.15, 0.2) is 11.0 Å². The summed E-state index contributed by atoms with van der Waals surface area (Å²) in [5.74, 6) is -2.02. The topological polar surface area (TPSA) is 160 Å². The number of Topliss-reactive ketones (excluding diaryl/α,β-unsaturated/α-hetero) is 1. The number of aromatic nitrogens is 1. The smallest absolute Gasteiger partial charge is 0.309 e. The number of carbonyl (C=O) groups is 2. The third kappa shape index (κ3) is 7.08. The van der Waals surface area contributed by atoms with Crippen molar-refractivity contribution >= 4 is 39.4 Å². The second-order valence-corrected chi connectivity index (χ2v) is 13.9. The van der Waals surface area contributed by atoms with Crippen molar-refractivity contribution in [2.75, 3.05) is 0 Å². The Morgan fingerprint density at radius 2 is 1.89 bits per heavy atom. The molecule has 2 saturated heterocycles. The summed E-state index contributed by atoms with van der Waals surface area (Å²) in [6.45, 7) is 10.3. The summed E-state index contributed by atoms with van der Waals surface area (Å²) in [5, 5.41) is 30.0. The van der Waals surface area contributed by atoms with Crippen molar-refractivity contribution in [2.45, 2.75) is 104 Å². The van der Waals surface area contributed by atoms with E-state index in [2.05, 4.69) is 4.98 Å². The summed E-state index contributed by atoms with van der Waals surface area (Å²) in [4.78, 5) is 30.7. The average Bonchev–Trinajstić information content (AvgIpc) is 3.36. The molecule has 0 saturated carbocycles. The maximum atomic E-state index is 13.2. The molecule has 0 amide bonds. The summed E-state index contributed by atoms with van der Waals surface area (Å²) in [6, 6.07) is -0.792. The van der Waals surface area contributed by atoms with Gasteiger partial charge in [0, 0.05) is 29.8 Å². The second kappa shape index (κ2) is 11.8. The lowest BCUT2D eigenvalue weighted by Gasteiger charge is -2.34. The highest BCUT2D eigenvalue weighted by Crippen LogP contribution is 2.40. The fourth-order valence-corrected chi connectivity index (χ4v) is 7.17. The Hall–Kier alpha value is -1.70. The molecule has 8 atom stereocenters. The summed E-state index contributed by atoms with van der Waals surface area (Å²) >= 11 is 1.48. The van der Waals surface area contributed by atoms with Gasteiger partial charge in [0.15, 0.2) is 0 Å². The first kappa shape index (κ1) is 30.8. The van der Waals surface area contributed by atoms with Gasteiger partial charge in [-0.1, -0.05) is 34.1 Å². The predicted molar refractivity (Wildman–Crippen MR) is 145 cm³/mol. The Bertz CT molecular complexity index is 1160. The molecule has 2 aliphatic heterocycles. The number of hydrogen-bond donors (Lipinski definition) is 3. The number of ether oxygens (including phenoxy) is 1. The van der Waals surface area contributed by atoms with E-state index in [4.69, 9.17) is 9.88 Å². The zero-order valence-electron chi connectivity index (χ0n) is 23.0. The Morgan fingerprint density at radius 1 is 1.24 bits per heavy atom. The molecule has 0 spiro atoms. The molecule has 2 unspecified atom stereocenters. The van der Waals surface area contributed by atoms with E-state index in [9.17, 15) is 28.2 Å². The Kier molecular flexibility index (Phi) is 9.58. The maximum absolute atomic E-state index is 13.2. The van der Waals surface area contributed by atoms with E-state index in [1.165, 1.54) is 15.6 Å². The number of ketones is 1. The van der Waals surface area contributed by atoms with Crippen LogP contribution in [-0.2, 0) is 24.5 Å². The molecule has 12 heteroatoms. The van der Waals surface area contributed by atoms with Crippen molar-refractivity contribution < 1.29 is 33.0 Å². The van der Waals surface area contributed by atoms with Gasteiger partial charge in [-0.25, -0.2) is 10.1 Å². The highest BCUT2D eigenvalue weighted by molar-refractivity contribution is 7.87. The van der Waals surface area contributed by atoms with Gasteiger partial charge in [-0.2, -0.15) is 12.7 Å². The molecule has 214 valence electrons. The van der Waals surface area contributed by atoms with Crippen molar-refractivity contribution in [3.8, 4) is 0 Å². The van der Waals surface area contributed by atoms with Gasteiger partial charge in [-0.15, -0.1) is 11.3 Å². The molecule has 38 heavy (non-hydrogen) atoms. The zero-order valence-corrected chi connectivity index (χ0v) is 24.6. The molecule has 2 fully saturated rings. The quantitative estimate of drug-likeness (QED) is 0.369. The summed E-state index contributed by atoms with van der Waals surface area (Å²) in [6.07, 6.45) is 0.259. The van der Waals surface area contributed by atoms with Crippen molar-refractivity contribution in [1.29, 1.82) is 0 Å². The number of aliphatic hydroxyl groups is 2. The van der Waals surface area contributed by atoms with Crippen LogP contribution in [0.2, 0.25) is 0 Å². The lowest BCUT2D eigenvalue weighted by Crippen LogP contribution is -2.45. The van der Waals surface area contributed by atoms with Gasteiger partial charge in [0.2, 0.25) is 0 Å². The van der Waals surface area contributed by atoms with Gasteiger partial charge in [-0.05, 0) is 44.3 Å². The highest BCUT2D eigenvalue weighted by Gasteiger charge is 2.54. The number of aryl methyl sites for hydroxylation is 1. The van der Waals surface area contributed by atoms with Gasteiger partial charge in [0.25, 0.3) is 10.2 Å². The van der Waals surface area contributed by atoms with Gasteiger partial charge in [0.05, 0.1) is 34.7 Å². The molecule has 0 aromatic carbocycles. The van der Waals surface area contributed by atoms with E-state index in [1.807, 2.05) is 19.2 Å². The molecule has 3 heterocycles. The number of esters is 1. The molecule has 0 radical (unpaired) electrons. The number of aliphatic hydroxyl groups excluding tert-OH is 2. The highest BCUT2D eigenvalue weighted by atomic mass is 32.2. The molecule has 2 aliphatic rings. The van der Waals surface area contributed by atoms with Crippen LogP contribution in [0.4, 0.5) is 0 Å². The lowest BCUT2D eigenvalue weighted by molar-refractivity contribution is -0.154. The average molecular weight is 572 g/mol. The van der Waals surface area contributed by atoms with Gasteiger partial charge in [-0.3, -0.25) is 9.59 Å². The van der Waals surface area contributed by atoms with Crippen LogP contribution in [0.5, 0.6) is 0 Å². The van der Waals surface area contributed by atoms with Crippen LogP contribution in [0, 0.1) is 24.2 Å². The fraction of sp³-hybridized carbons (Fsp3) is 0.731. The number of carbonyl (C=O) groups excluding carboxylic acids is 2. The van der Waals surface area contributed by atoms with Crippen LogP contribution >= 0.6 is 11.3 Å². The van der Waals surface area contributed by atoms with Gasteiger partial charge < -0.3 is 14.9 Å². The van der Waals surface area contributed by atoms with Gasteiger partial charge >= 0.3 is 5.97 Å². The van der Waals surface area contributed by atoms with Crippen LogP contribution in [0.25, 0.3) is 6.08 Å². The van der Waals surface area contributed by atoms with E-state index in [-0.39, 0.29) is 24.2 Å². The second-order valence-electron chi connectivity index (χ2n) is 11.4. The largest absolute Gasteiger partial charge is 0.458 e. The molecule has 1 aromatic heterocycles. The minimum Gasteiger partial charge on any atom is -0.458 e. The summed E-state index contributed by atoms with van der Waals surface area (Å²) in [7, 11) is -3.97. The van der Waals surface area contributed by atoms with Crippen molar-refractivity contribution in [3.05, 3.63) is 21.7 Å². The third-order valence-electron chi connectivity index (χ3n) is 8.05. The number of nitrogens with two attached hydrogens (primary N) is 1. The minimum atomic E-state index is -3.97. The van der Waals surface area contributed by atoms with Crippen molar-refractivity contribution in [1.82, 2.24) is 9.29 Å². The normalized spacial score (nSPS) is 35.9. The number of rotatable bonds is 3.